The van der Waals surface area contributed by atoms with Crippen LogP contribution in [0.2, 0.25) is 0 Å². The zero-order chi connectivity index (χ0) is 16.4. The molecular weight excluding hydrogens is 288 g/mol. The molecule has 8 nitrogen and oxygen atoms in total. The molecule has 0 spiro atoms. The van der Waals surface area contributed by atoms with Gasteiger partial charge in [0, 0.05) is 25.0 Å². The highest BCUT2D eigenvalue weighted by Gasteiger charge is 2.13. The maximum Gasteiger partial charge on any atom is 0.336 e. The zero-order valence-electron chi connectivity index (χ0n) is 12.2. The molecule has 0 fully saturated rings. The van der Waals surface area contributed by atoms with Crippen LogP contribution < -0.4 is 17.0 Å². The quantitative estimate of drug-likeness (QED) is 0.762. The molecule has 0 radical (unpaired) electrons. The highest BCUT2D eigenvalue weighted by atomic mass is 16.4. The first kappa shape index (κ1) is 15.6. The number of carboxylic acids is 1. The highest BCUT2D eigenvalue weighted by molar-refractivity contribution is 5.73. The molecule has 0 saturated heterocycles. The van der Waals surface area contributed by atoms with E-state index in [4.69, 9.17) is 10.8 Å². The van der Waals surface area contributed by atoms with Crippen LogP contribution >= 0.6 is 0 Å². The number of hydrogen-bond donors (Lipinski definition) is 2. The van der Waals surface area contributed by atoms with Gasteiger partial charge in [-0.3, -0.25) is 9.59 Å². The van der Waals surface area contributed by atoms with E-state index in [1.54, 1.807) is 20.0 Å². The van der Waals surface area contributed by atoms with Crippen LogP contribution in [0.4, 0.5) is 0 Å². The van der Waals surface area contributed by atoms with E-state index >= 15 is 0 Å². The average molecular weight is 304 g/mol. The SMILES string of the molecule is Cc1cc(=O)n(-c2ccc(CC(N)C(=O)O)cn2)c(=O)n1C. The van der Waals surface area contributed by atoms with Gasteiger partial charge < -0.3 is 15.4 Å². The monoisotopic (exact) mass is 304 g/mol. The van der Waals surface area contributed by atoms with Gasteiger partial charge in [0.15, 0.2) is 0 Å². The number of nitrogens with zero attached hydrogens (tertiary/aromatic N) is 3. The molecule has 2 aromatic rings. The predicted octanol–water partition coefficient (Wildman–Crippen LogP) is -0.806. The van der Waals surface area contributed by atoms with Crippen LogP contribution in [0.3, 0.4) is 0 Å². The summed E-state index contributed by atoms with van der Waals surface area (Å²) in [4.78, 5) is 38.9. The minimum atomic E-state index is -1.10. The van der Waals surface area contributed by atoms with Gasteiger partial charge in [-0.05, 0) is 25.0 Å². The van der Waals surface area contributed by atoms with Crippen molar-refractivity contribution >= 4 is 5.97 Å². The number of aryl methyl sites for hydroxylation is 1. The van der Waals surface area contributed by atoms with Gasteiger partial charge in [0.05, 0.1) is 0 Å². The molecule has 1 atom stereocenters. The van der Waals surface area contributed by atoms with E-state index in [1.807, 2.05) is 0 Å². The van der Waals surface area contributed by atoms with Crippen LogP contribution in [0.1, 0.15) is 11.3 Å². The second-order valence-electron chi connectivity index (χ2n) is 4.97. The van der Waals surface area contributed by atoms with Crippen molar-refractivity contribution in [3.8, 4) is 5.82 Å². The smallest absolute Gasteiger partial charge is 0.336 e. The molecule has 0 saturated carbocycles. The largest absolute Gasteiger partial charge is 0.480 e. The summed E-state index contributed by atoms with van der Waals surface area (Å²) < 4.78 is 2.30. The van der Waals surface area contributed by atoms with E-state index in [0.717, 1.165) is 4.57 Å². The lowest BCUT2D eigenvalue weighted by molar-refractivity contribution is -0.138. The molecule has 116 valence electrons. The summed E-state index contributed by atoms with van der Waals surface area (Å²) in [5.41, 5.74) is 5.64. The minimum absolute atomic E-state index is 0.115. The summed E-state index contributed by atoms with van der Waals surface area (Å²) in [6.45, 7) is 1.66. The molecule has 3 N–H and O–H groups in total. The molecule has 0 aliphatic rings. The fraction of sp³-hybridized carbons (Fsp3) is 0.286. The number of aliphatic carboxylic acids is 1. The number of nitrogens with two attached hydrogens (primary N) is 1. The Kier molecular flexibility index (Phi) is 4.22. The molecule has 1 unspecified atom stereocenters. The van der Waals surface area contributed by atoms with Gasteiger partial charge in [-0.2, -0.15) is 0 Å². The predicted molar refractivity (Wildman–Crippen MR) is 79.1 cm³/mol. The maximum absolute atomic E-state index is 12.2. The van der Waals surface area contributed by atoms with Crippen molar-refractivity contribution in [2.75, 3.05) is 0 Å². The third kappa shape index (κ3) is 2.96. The van der Waals surface area contributed by atoms with Gasteiger partial charge >= 0.3 is 11.7 Å². The van der Waals surface area contributed by atoms with Gasteiger partial charge in [-0.25, -0.2) is 14.3 Å². The van der Waals surface area contributed by atoms with Crippen LogP contribution in [0.5, 0.6) is 0 Å². The van der Waals surface area contributed by atoms with Crippen LogP contribution in [0.25, 0.3) is 5.82 Å². The molecular formula is C14H16N4O4. The molecule has 2 aromatic heterocycles. The summed E-state index contributed by atoms with van der Waals surface area (Å²) in [7, 11) is 1.56. The third-order valence-corrected chi connectivity index (χ3v) is 3.37. The van der Waals surface area contributed by atoms with E-state index < -0.39 is 23.3 Å². The fourth-order valence-corrected chi connectivity index (χ4v) is 1.96. The normalized spacial score (nSPS) is 12.1. The van der Waals surface area contributed by atoms with E-state index in [0.29, 0.717) is 11.3 Å². The molecule has 0 bridgehead atoms. The molecule has 2 heterocycles. The molecule has 22 heavy (non-hydrogen) atoms. The maximum atomic E-state index is 12.2. The Morgan fingerprint density at radius 2 is 2.09 bits per heavy atom. The van der Waals surface area contributed by atoms with E-state index in [1.165, 1.54) is 22.9 Å². The van der Waals surface area contributed by atoms with Crippen LogP contribution in [-0.2, 0) is 18.3 Å². The van der Waals surface area contributed by atoms with Gasteiger partial charge in [0.25, 0.3) is 5.56 Å². The first-order chi connectivity index (χ1) is 10.3. The van der Waals surface area contributed by atoms with E-state index in [9.17, 15) is 14.4 Å². The molecule has 0 aliphatic heterocycles. The average Bonchev–Trinajstić information content (AvgIpc) is 2.46. The topological polar surface area (TPSA) is 120 Å². The molecule has 0 aromatic carbocycles. The Morgan fingerprint density at radius 3 is 2.64 bits per heavy atom. The molecule has 2 rings (SSSR count). The minimum Gasteiger partial charge on any atom is -0.480 e. The van der Waals surface area contributed by atoms with Gasteiger partial charge in [-0.1, -0.05) is 6.07 Å². The van der Waals surface area contributed by atoms with Crippen molar-refractivity contribution < 1.29 is 9.90 Å². The van der Waals surface area contributed by atoms with Gasteiger partial charge in [-0.15, -0.1) is 0 Å². The number of aromatic nitrogens is 3. The van der Waals surface area contributed by atoms with Crippen molar-refractivity contribution in [3.63, 3.8) is 0 Å². The second kappa shape index (κ2) is 5.94. The van der Waals surface area contributed by atoms with Crippen molar-refractivity contribution in [2.24, 2.45) is 12.8 Å². The number of pyridine rings is 1. The Bertz CT molecular complexity index is 820. The summed E-state index contributed by atoms with van der Waals surface area (Å²) in [5, 5.41) is 8.77. The molecule has 0 aliphatic carbocycles. The Hall–Kier alpha value is -2.74. The first-order valence-corrected chi connectivity index (χ1v) is 6.54. The standard InChI is InChI=1S/C14H16N4O4/c1-8-5-12(19)18(14(22)17(8)2)11-4-3-9(7-16-11)6-10(15)13(20)21/h3-5,7,10H,6,15H2,1-2H3,(H,20,21). The number of carbonyl (C=O) groups is 1. The molecule has 8 heteroatoms. The third-order valence-electron chi connectivity index (χ3n) is 3.37. The lowest BCUT2D eigenvalue weighted by Gasteiger charge is -2.10. The van der Waals surface area contributed by atoms with Crippen LogP contribution in [0, 0.1) is 6.92 Å². The summed E-state index contributed by atoms with van der Waals surface area (Å²) in [5.74, 6) is -0.925. The summed E-state index contributed by atoms with van der Waals surface area (Å²) >= 11 is 0. The Morgan fingerprint density at radius 1 is 1.41 bits per heavy atom. The molecule has 0 amide bonds. The lowest BCUT2D eigenvalue weighted by Crippen LogP contribution is -2.38. The second-order valence-corrected chi connectivity index (χ2v) is 4.97. The van der Waals surface area contributed by atoms with Crippen molar-refractivity contribution in [3.05, 3.63) is 56.5 Å². The number of carboxylic acid groups (broad SMARTS) is 1. The fourth-order valence-electron chi connectivity index (χ4n) is 1.96. The Balaban J connectivity index is 2.40. The van der Waals surface area contributed by atoms with Crippen molar-refractivity contribution in [2.45, 2.75) is 19.4 Å². The highest BCUT2D eigenvalue weighted by Crippen LogP contribution is 2.05. The number of hydrogen-bond acceptors (Lipinski definition) is 5. The summed E-state index contributed by atoms with van der Waals surface area (Å²) in [6.07, 6.45) is 1.52. The van der Waals surface area contributed by atoms with Crippen LogP contribution in [-0.4, -0.2) is 31.2 Å². The zero-order valence-corrected chi connectivity index (χ0v) is 12.2. The van der Waals surface area contributed by atoms with Crippen molar-refractivity contribution in [1.29, 1.82) is 0 Å². The van der Waals surface area contributed by atoms with E-state index in [2.05, 4.69) is 4.98 Å². The van der Waals surface area contributed by atoms with E-state index in [-0.39, 0.29) is 12.2 Å². The lowest BCUT2D eigenvalue weighted by atomic mass is 10.1. The summed E-state index contributed by atoms with van der Waals surface area (Å²) in [6, 6.07) is 3.40. The first-order valence-electron chi connectivity index (χ1n) is 6.54. The number of rotatable bonds is 4. The van der Waals surface area contributed by atoms with Crippen LogP contribution in [0.15, 0.2) is 34.0 Å². The Labute approximate surface area is 125 Å². The van der Waals surface area contributed by atoms with Gasteiger partial charge in [0.2, 0.25) is 0 Å². The van der Waals surface area contributed by atoms with Crippen molar-refractivity contribution in [1.82, 2.24) is 14.1 Å². The van der Waals surface area contributed by atoms with Gasteiger partial charge in [0.1, 0.15) is 11.9 Å².